The van der Waals surface area contributed by atoms with Crippen LogP contribution in [-0.2, 0) is 11.2 Å². The zero-order valence-electron chi connectivity index (χ0n) is 7.56. The smallest absolute Gasteiger partial charge is 0.107 e. The van der Waals surface area contributed by atoms with Crippen molar-refractivity contribution in [3.05, 3.63) is 0 Å². The van der Waals surface area contributed by atoms with Gasteiger partial charge < -0.3 is 4.55 Å². The number of hydrogen-bond donors (Lipinski definition) is 0. The van der Waals surface area contributed by atoms with E-state index in [4.69, 9.17) is 23.2 Å². The van der Waals surface area contributed by atoms with Crippen LogP contribution in [-0.4, -0.2) is 26.8 Å². The molecule has 12 heavy (non-hydrogen) atoms. The van der Waals surface area contributed by atoms with E-state index in [2.05, 4.69) is 0 Å². The molecule has 1 nitrogen and oxygen atoms in total. The third-order valence-corrected chi connectivity index (χ3v) is 3.31. The lowest BCUT2D eigenvalue weighted by Gasteiger charge is -2.12. The summed E-state index contributed by atoms with van der Waals surface area (Å²) in [5.41, 5.74) is 0. The molecule has 0 amide bonds. The number of alkyl halides is 2. The topological polar surface area (TPSA) is 23.1 Å². The maximum atomic E-state index is 11.2. The Kier molecular flexibility index (Phi) is 7.85. The first-order chi connectivity index (χ1) is 5.52. The van der Waals surface area contributed by atoms with Crippen molar-refractivity contribution in [3.8, 4) is 0 Å². The lowest BCUT2D eigenvalue weighted by molar-refractivity contribution is 0.589. The van der Waals surface area contributed by atoms with Crippen molar-refractivity contribution in [3.63, 3.8) is 0 Å². The molecular weight excluding hydrogens is 215 g/mol. The first-order valence-electron chi connectivity index (χ1n) is 4.15. The van der Waals surface area contributed by atoms with Crippen LogP contribution < -0.4 is 0 Å². The van der Waals surface area contributed by atoms with Crippen LogP contribution in [0.2, 0.25) is 0 Å². The van der Waals surface area contributed by atoms with Crippen LogP contribution >= 0.6 is 23.2 Å². The second-order valence-electron chi connectivity index (χ2n) is 2.99. The number of rotatable bonds is 6. The molecule has 2 unspecified atom stereocenters. The Morgan fingerprint density at radius 1 is 1.08 bits per heavy atom. The van der Waals surface area contributed by atoms with Gasteiger partial charge in [-0.1, -0.05) is 11.2 Å². The van der Waals surface area contributed by atoms with Gasteiger partial charge in [-0.25, -0.2) is 0 Å². The zero-order chi connectivity index (χ0) is 9.56. The van der Waals surface area contributed by atoms with Crippen LogP contribution in [0.25, 0.3) is 0 Å². The maximum Gasteiger partial charge on any atom is 0.107 e. The van der Waals surface area contributed by atoms with Crippen LogP contribution in [0.15, 0.2) is 0 Å². The summed E-state index contributed by atoms with van der Waals surface area (Å²) in [6, 6.07) is 0. The Balaban J connectivity index is 3.27. The summed E-state index contributed by atoms with van der Waals surface area (Å²) in [6.07, 6.45) is 1.65. The van der Waals surface area contributed by atoms with E-state index in [9.17, 15) is 4.55 Å². The summed E-state index contributed by atoms with van der Waals surface area (Å²) in [7, 11) is 0. The summed E-state index contributed by atoms with van der Waals surface area (Å²) < 4.78 is 11.2. The van der Waals surface area contributed by atoms with Crippen molar-refractivity contribution in [1.29, 1.82) is 0 Å². The molecule has 0 rings (SSSR count). The Labute approximate surface area is 88.0 Å². The van der Waals surface area contributed by atoms with Gasteiger partial charge in [-0.05, 0) is 13.8 Å². The fourth-order valence-corrected chi connectivity index (χ4v) is 2.60. The fourth-order valence-electron chi connectivity index (χ4n) is 0.690. The van der Waals surface area contributed by atoms with Crippen molar-refractivity contribution in [2.75, 3.05) is 11.5 Å². The predicted octanol–water partition coefficient (Wildman–Crippen LogP) is 2.77. The second kappa shape index (κ2) is 7.31. The molecular formula is C8H16Cl2OS. The molecule has 0 aliphatic heterocycles. The SMILES string of the molecule is CC(Cl)CC[S+]([O-])CCC(C)Cl. The summed E-state index contributed by atoms with van der Waals surface area (Å²) in [4.78, 5) is 0. The quantitative estimate of drug-likeness (QED) is 0.509. The highest BCUT2D eigenvalue weighted by Gasteiger charge is 2.09. The summed E-state index contributed by atoms with van der Waals surface area (Å²) in [6.45, 7) is 3.84. The van der Waals surface area contributed by atoms with E-state index in [-0.39, 0.29) is 10.8 Å². The van der Waals surface area contributed by atoms with Gasteiger partial charge in [-0.2, -0.15) is 0 Å². The van der Waals surface area contributed by atoms with Gasteiger partial charge >= 0.3 is 0 Å². The van der Waals surface area contributed by atoms with Crippen molar-refractivity contribution in [1.82, 2.24) is 0 Å². The molecule has 74 valence electrons. The number of halogens is 2. The summed E-state index contributed by atoms with van der Waals surface area (Å²) in [5.74, 6) is 1.41. The van der Waals surface area contributed by atoms with Gasteiger partial charge in [-0.15, -0.1) is 23.2 Å². The average Bonchev–Trinajstić information content (AvgIpc) is 1.96. The molecule has 0 bridgehead atoms. The van der Waals surface area contributed by atoms with Crippen molar-refractivity contribution < 1.29 is 4.55 Å². The highest BCUT2D eigenvalue weighted by Crippen LogP contribution is 2.07. The lowest BCUT2D eigenvalue weighted by Crippen LogP contribution is -2.15. The van der Waals surface area contributed by atoms with Gasteiger partial charge in [0.1, 0.15) is 11.5 Å². The van der Waals surface area contributed by atoms with Crippen LogP contribution in [0.3, 0.4) is 0 Å². The Morgan fingerprint density at radius 2 is 1.42 bits per heavy atom. The average molecular weight is 231 g/mol. The zero-order valence-corrected chi connectivity index (χ0v) is 9.88. The molecule has 0 saturated carbocycles. The molecule has 0 fully saturated rings. The Bertz CT molecular complexity index is 97.2. The Hall–Kier alpha value is 0.890. The second-order valence-corrected chi connectivity index (χ2v) is 6.17. The molecule has 0 spiro atoms. The van der Waals surface area contributed by atoms with Crippen molar-refractivity contribution in [2.45, 2.75) is 37.4 Å². The molecule has 0 aromatic heterocycles. The van der Waals surface area contributed by atoms with Gasteiger partial charge in [0.05, 0.1) is 0 Å². The minimum Gasteiger partial charge on any atom is -0.616 e. The molecule has 0 aliphatic carbocycles. The molecule has 4 heteroatoms. The van der Waals surface area contributed by atoms with E-state index >= 15 is 0 Å². The first kappa shape index (κ1) is 12.9. The van der Waals surface area contributed by atoms with E-state index in [1.807, 2.05) is 13.8 Å². The third kappa shape index (κ3) is 8.98. The van der Waals surface area contributed by atoms with Gasteiger partial charge in [0.2, 0.25) is 0 Å². The molecule has 0 aromatic carbocycles. The molecule has 0 heterocycles. The van der Waals surface area contributed by atoms with Gasteiger partial charge in [0.25, 0.3) is 0 Å². The first-order valence-corrected chi connectivity index (χ1v) is 6.51. The van der Waals surface area contributed by atoms with E-state index in [1.165, 1.54) is 0 Å². The Morgan fingerprint density at radius 3 is 1.67 bits per heavy atom. The van der Waals surface area contributed by atoms with Crippen molar-refractivity contribution >= 4 is 34.4 Å². The fraction of sp³-hybridized carbons (Fsp3) is 1.00. The van der Waals surface area contributed by atoms with Gasteiger partial charge in [0.15, 0.2) is 0 Å². The van der Waals surface area contributed by atoms with Gasteiger partial charge in [0, 0.05) is 23.6 Å². The molecule has 0 aliphatic rings. The van der Waals surface area contributed by atoms with Crippen LogP contribution in [0.5, 0.6) is 0 Å². The minimum absolute atomic E-state index is 0.127. The summed E-state index contributed by atoms with van der Waals surface area (Å²) >= 11 is 10.7. The molecule has 0 aromatic rings. The van der Waals surface area contributed by atoms with E-state index in [0.717, 1.165) is 12.8 Å². The molecule has 0 N–H and O–H groups in total. The summed E-state index contributed by atoms with van der Waals surface area (Å²) in [5, 5.41) is 0.254. The lowest BCUT2D eigenvalue weighted by atomic mass is 10.4. The van der Waals surface area contributed by atoms with E-state index in [1.54, 1.807) is 0 Å². The normalized spacial score (nSPS) is 18.8. The monoisotopic (exact) mass is 230 g/mol. The largest absolute Gasteiger partial charge is 0.616 e. The van der Waals surface area contributed by atoms with E-state index < -0.39 is 11.2 Å². The standard InChI is InChI=1S/C8H16Cl2OS/c1-7(9)3-5-12(11)6-4-8(2)10/h7-8H,3-6H2,1-2H3. The molecule has 0 radical (unpaired) electrons. The van der Waals surface area contributed by atoms with Crippen molar-refractivity contribution in [2.24, 2.45) is 0 Å². The highest BCUT2D eigenvalue weighted by atomic mass is 35.5. The van der Waals surface area contributed by atoms with Gasteiger partial charge in [-0.3, -0.25) is 0 Å². The predicted molar refractivity (Wildman–Crippen MR) is 57.7 cm³/mol. The third-order valence-electron chi connectivity index (χ3n) is 1.49. The van der Waals surface area contributed by atoms with Crippen LogP contribution in [0.1, 0.15) is 26.7 Å². The minimum atomic E-state index is -0.730. The maximum absolute atomic E-state index is 11.2. The molecule has 0 saturated heterocycles. The van der Waals surface area contributed by atoms with Crippen LogP contribution in [0, 0.1) is 0 Å². The van der Waals surface area contributed by atoms with Crippen LogP contribution in [0.4, 0.5) is 0 Å². The molecule has 2 atom stereocenters. The van der Waals surface area contributed by atoms with E-state index in [0.29, 0.717) is 11.5 Å². The highest BCUT2D eigenvalue weighted by molar-refractivity contribution is 7.91. The number of hydrogen-bond acceptors (Lipinski definition) is 1.